The Morgan fingerprint density at radius 2 is 1.87 bits per heavy atom. The van der Waals surface area contributed by atoms with E-state index in [1.807, 2.05) is 60.9 Å². The molecule has 2 heterocycles. The standard InChI is InChI=1S/C25H26ClN3O2/c1-16-11-12-18(26)14-21(16)29-23(30)22-13-17-7-3-6-10-20(17)28(22)15-25(29,2)24(31)27-19-8-4-5-9-19/h3,6-7,10-14,19H,4-5,8-9,15H2,1-2H3,(H,27,31)/t25-/m0/s1. The van der Waals surface area contributed by atoms with Gasteiger partial charge in [0.2, 0.25) is 5.91 Å². The zero-order chi connectivity index (χ0) is 21.8. The largest absolute Gasteiger partial charge is 0.351 e. The molecule has 1 N–H and O–H groups in total. The Morgan fingerprint density at radius 1 is 1.13 bits per heavy atom. The lowest BCUT2D eigenvalue weighted by atomic mass is 9.92. The first-order valence-electron chi connectivity index (χ1n) is 10.9. The monoisotopic (exact) mass is 435 g/mol. The van der Waals surface area contributed by atoms with Crippen molar-refractivity contribution in [1.29, 1.82) is 0 Å². The summed E-state index contributed by atoms with van der Waals surface area (Å²) in [4.78, 5) is 29.3. The highest BCUT2D eigenvalue weighted by Crippen LogP contribution is 2.38. The summed E-state index contributed by atoms with van der Waals surface area (Å²) in [5.41, 5.74) is 2.06. The summed E-state index contributed by atoms with van der Waals surface area (Å²) in [7, 11) is 0. The molecule has 1 aliphatic heterocycles. The zero-order valence-electron chi connectivity index (χ0n) is 17.8. The van der Waals surface area contributed by atoms with Gasteiger partial charge in [-0.25, -0.2) is 0 Å². The lowest BCUT2D eigenvalue weighted by molar-refractivity contribution is -0.127. The highest BCUT2D eigenvalue weighted by Gasteiger charge is 2.49. The fraction of sp³-hybridized carbons (Fsp3) is 0.360. The van der Waals surface area contributed by atoms with Crippen molar-refractivity contribution in [3.8, 4) is 0 Å². The summed E-state index contributed by atoms with van der Waals surface area (Å²) < 4.78 is 1.99. The predicted molar refractivity (Wildman–Crippen MR) is 124 cm³/mol. The number of anilines is 1. The lowest BCUT2D eigenvalue weighted by Crippen LogP contribution is -2.65. The van der Waals surface area contributed by atoms with E-state index in [0.29, 0.717) is 22.9 Å². The quantitative estimate of drug-likeness (QED) is 0.623. The summed E-state index contributed by atoms with van der Waals surface area (Å²) in [6.45, 7) is 4.19. The number of aryl methyl sites for hydroxylation is 1. The van der Waals surface area contributed by atoms with Gasteiger partial charge in [-0.1, -0.05) is 48.7 Å². The molecule has 5 nitrogen and oxygen atoms in total. The van der Waals surface area contributed by atoms with Crippen LogP contribution in [-0.2, 0) is 11.3 Å². The second kappa shape index (κ2) is 7.41. The average molecular weight is 436 g/mol. The number of carbonyl (C=O) groups is 2. The summed E-state index contributed by atoms with van der Waals surface area (Å²) in [6, 6.07) is 15.5. The van der Waals surface area contributed by atoms with Crippen LogP contribution in [0.4, 0.5) is 5.69 Å². The van der Waals surface area contributed by atoms with E-state index in [0.717, 1.165) is 42.1 Å². The van der Waals surface area contributed by atoms with E-state index < -0.39 is 5.54 Å². The maximum Gasteiger partial charge on any atom is 0.275 e. The number of nitrogens with one attached hydrogen (secondary N) is 1. The van der Waals surface area contributed by atoms with Crippen molar-refractivity contribution in [1.82, 2.24) is 9.88 Å². The number of para-hydroxylation sites is 1. The Bertz CT molecular complexity index is 1190. The van der Waals surface area contributed by atoms with E-state index in [1.54, 1.807) is 11.0 Å². The topological polar surface area (TPSA) is 54.3 Å². The third-order valence-electron chi connectivity index (χ3n) is 6.78. The molecule has 0 unspecified atom stereocenters. The number of nitrogens with zero attached hydrogens (tertiary/aromatic N) is 2. The number of amides is 2. The molecule has 1 atom stereocenters. The summed E-state index contributed by atoms with van der Waals surface area (Å²) in [5, 5.41) is 4.77. The minimum absolute atomic E-state index is 0.115. The molecular weight excluding hydrogens is 410 g/mol. The first kappa shape index (κ1) is 20.1. The average Bonchev–Trinajstić information content (AvgIpc) is 3.38. The molecule has 5 rings (SSSR count). The maximum absolute atomic E-state index is 13.9. The van der Waals surface area contributed by atoms with Crippen molar-refractivity contribution < 1.29 is 9.59 Å². The molecule has 31 heavy (non-hydrogen) atoms. The first-order chi connectivity index (χ1) is 14.9. The summed E-state index contributed by atoms with van der Waals surface area (Å²) >= 11 is 6.31. The normalized spacial score (nSPS) is 21.5. The van der Waals surface area contributed by atoms with Gasteiger partial charge in [0, 0.05) is 27.7 Å². The molecule has 0 saturated heterocycles. The van der Waals surface area contributed by atoms with Gasteiger partial charge in [0.25, 0.3) is 5.91 Å². The highest BCUT2D eigenvalue weighted by molar-refractivity contribution is 6.31. The van der Waals surface area contributed by atoms with Gasteiger partial charge < -0.3 is 9.88 Å². The zero-order valence-corrected chi connectivity index (χ0v) is 18.6. The van der Waals surface area contributed by atoms with Gasteiger partial charge in [-0.3, -0.25) is 14.5 Å². The van der Waals surface area contributed by atoms with E-state index >= 15 is 0 Å². The van der Waals surface area contributed by atoms with Crippen LogP contribution >= 0.6 is 11.6 Å². The van der Waals surface area contributed by atoms with Crippen LogP contribution in [-0.4, -0.2) is 28.0 Å². The number of carbonyl (C=O) groups excluding carboxylic acids is 2. The number of aromatic nitrogens is 1. The Morgan fingerprint density at radius 3 is 2.65 bits per heavy atom. The summed E-state index contributed by atoms with van der Waals surface area (Å²) in [6.07, 6.45) is 4.24. The fourth-order valence-corrected chi connectivity index (χ4v) is 5.22. The van der Waals surface area contributed by atoms with Crippen LogP contribution in [0.2, 0.25) is 5.02 Å². The van der Waals surface area contributed by atoms with Crippen LogP contribution < -0.4 is 10.2 Å². The molecule has 3 aromatic rings. The minimum Gasteiger partial charge on any atom is -0.351 e. The van der Waals surface area contributed by atoms with E-state index in [1.165, 1.54) is 0 Å². The molecule has 0 radical (unpaired) electrons. The number of fused-ring (bicyclic) bond motifs is 3. The van der Waals surface area contributed by atoms with Gasteiger partial charge in [0.15, 0.2) is 0 Å². The Hall–Kier alpha value is -2.79. The van der Waals surface area contributed by atoms with Crippen LogP contribution in [0.1, 0.15) is 48.7 Å². The minimum atomic E-state index is -1.08. The molecule has 160 valence electrons. The first-order valence-corrected chi connectivity index (χ1v) is 11.3. The number of benzene rings is 2. The van der Waals surface area contributed by atoms with Crippen molar-refractivity contribution >= 4 is 40.0 Å². The van der Waals surface area contributed by atoms with Gasteiger partial charge in [-0.15, -0.1) is 0 Å². The molecule has 1 saturated carbocycles. The van der Waals surface area contributed by atoms with Gasteiger partial charge in [0.05, 0.1) is 6.54 Å². The predicted octanol–water partition coefficient (Wildman–Crippen LogP) is 5.08. The smallest absolute Gasteiger partial charge is 0.275 e. The Balaban J connectivity index is 1.67. The molecule has 0 bridgehead atoms. The molecule has 1 aromatic heterocycles. The highest BCUT2D eigenvalue weighted by atomic mass is 35.5. The van der Waals surface area contributed by atoms with Crippen molar-refractivity contribution in [3.05, 3.63) is 64.8 Å². The van der Waals surface area contributed by atoms with Crippen LogP contribution in [0.3, 0.4) is 0 Å². The summed E-state index contributed by atoms with van der Waals surface area (Å²) in [5.74, 6) is -0.299. The maximum atomic E-state index is 13.9. The Labute approximate surface area is 187 Å². The SMILES string of the molecule is Cc1ccc(Cl)cc1N1C(=O)c2cc3ccccc3n2C[C@@]1(C)C(=O)NC1CCCC1. The number of hydrogen-bond donors (Lipinski definition) is 1. The second-order valence-corrected chi connectivity index (χ2v) is 9.41. The molecular formula is C25H26ClN3O2. The molecule has 2 aromatic carbocycles. The van der Waals surface area contributed by atoms with Gasteiger partial charge in [0.1, 0.15) is 11.2 Å². The van der Waals surface area contributed by atoms with Crippen LogP contribution in [0.15, 0.2) is 48.5 Å². The van der Waals surface area contributed by atoms with Crippen molar-refractivity contribution in [3.63, 3.8) is 0 Å². The van der Waals surface area contributed by atoms with Gasteiger partial charge >= 0.3 is 0 Å². The van der Waals surface area contributed by atoms with E-state index in [9.17, 15) is 9.59 Å². The van der Waals surface area contributed by atoms with Crippen LogP contribution in [0, 0.1) is 6.92 Å². The van der Waals surface area contributed by atoms with Crippen molar-refractivity contribution in [2.24, 2.45) is 0 Å². The third kappa shape index (κ3) is 3.23. The second-order valence-electron chi connectivity index (χ2n) is 8.97. The molecule has 0 spiro atoms. The van der Waals surface area contributed by atoms with E-state index in [2.05, 4.69) is 5.32 Å². The molecule has 6 heteroatoms. The number of rotatable bonds is 3. The van der Waals surface area contributed by atoms with Crippen molar-refractivity contribution in [2.75, 3.05) is 4.90 Å². The fourth-order valence-electron chi connectivity index (χ4n) is 5.06. The molecule has 1 aliphatic carbocycles. The number of hydrogen-bond acceptors (Lipinski definition) is 2. The Kier molecular flexibility index (Phi) is 4.82. The van der Waals surface area contributed by atoms with Gasteiger partial charge in [-0.05, 0) is 56.5 Å². The van der Waals surface area contributed by atoms with Crippen LogP contribution in [0.5, 0.6) is 0 Å². The third-order valence-corrected chi connectivity index (χ3v) is 7.02. The molecule has 2 amide bonds. The molecule has 1 fully saturated rings. The van der Waals surface area contributed by atoms with Gasteiger partial charge in [-0.2, -0.15) is 0 Å². The number of halogens is 1. The van der Waals surface area contributed by atoms with E-state index in [4.69, 9.17) is 11.6 Å². The van der Waals surface area contributed by atoms with Crippen LogP contribution in [0.25, 0.3) is 10.9 Å². The molecule has 2 aliphatic rings. The lowest BCUT2D eigenvalue weighted by Gasteiger charge is -2.45. The van der Waals surface area contributed by atoms with Crippen molar-refractivity contribution in [2.45, 2.75) is 57.7 Å². The van der Waals surface area contributed by atoms with E-state index in [-0.39, 0.29) is 17.9 Å².